The smallest absolute Gasteiger partial charge is 0.269 e. The van der Waals surface area contributed by atoms with Gasteiger partial charge in [0.2, 0.25) is 0 Å². The van der Waals surface area contributed by atoms with Gasteiger partial charge in [-0.2, -0.15) is 0 Å². The van der Waals surface area contributed by atoms with Gasteiger partial charge in [-0.15, -0.1) is 0 Å². The fourth-order valence-corrected chi connectivity index (χ4v) is 1.79. The van der Waals surface area contributed by atoms with Gasteiger partial charge in [-0.25, -0.2) is 0 Å². The second-order valence-corrected chi connectivity index (χ2v) is 4.88. The maximum absolute atomic E-state index is 10.6. The van der Waals surface area contributed by atoms with Gasteiger partial charge in [-0.05, 0) is 36.9 Å². The van der Waals surface area contributed by atoms with Crippen LogP contribution in [0.4, 0.5) is 11.4 Å². The van der Waals surface area contributed by atoms with Crippen LogP contribution in [-0.4, -0.2) is 18.0 Å². The number of nitro benzene ring substituents is 1. The molecule has 0 aromatic heterocycles. The standard InChI is InChI=1S/C13H21N3O2/c1-9(2)11(7-14)8-15-13-5-4-12(16(17)18)6-10(13)3/h4-6,9,11,15H,7-8,14H2,1-3H3. The minimum atomic E-state index is -0.381. The highest BCUT2D eigenvalue weighted by atomic mass is 16.6. The molecule has 1 aromatic carbocycles. The Hall–Kier alpha value is -1.62. The first kappa shape index (κ1) is 14.4. The Morgan fingerprint density at radius 2 is 2.11 bits per heavy atom. The number of hydrogen-bond donors (Lipinski definition) is 2. The minimum Gasteiger partial charge on any atom is -0.384 e. The predicted molar refractivity (Wildman–Crippen MR) is 73.7 cm³/mol. The number of benzene rings is 1. The molecule has 0 radical (unpaired) electrons. The van der Waals surface area contributed by atoms with Crippen LogP contribution in [0.5, 0.6) is 0 Å². The van der Waals surface area contributed by atoms with Gasteiger partial charge in [-0.1, -0.05) is 13.8 Å². The van der Waals surface area contributed by atoms with Gasteiger partial charge >= 0.3 is 0 Å². The van der Waals surface area contributed by atoms with Crippen LogP contribution in [0.1, 0.15) is 19.4 Å². The number of nitrogens with two attached hydrogens (primary N) is 1. The molecule has 1 unspecified atom stereocenters. The zero-order valence-corrected chi connectivity index (χ0v) is 11.1. The van der Waals surface area contributed by atoms with Crippen molar-refractivity contribution in [3.05, 3.63) is 33.9 Å². The summed E-state index contributed by atoms with van der Waals surface area (Å²) in [5, 5.41) is 13.9. The largest absolute Gasteiger partial charge is 0.384 e. The summed E-state index contributed by atoms with van der Waals surface area (Å²) < 4.78 is 0. The molecule has 3 N–H and O–H groups in total. The van der Waals surface area contributed by atoms with E-state index in [2.05, 4.69) is 19.2 Å². The third kappa shape index (κ3) is 3.70. The van der Waals surface area contributed by atoms with Crippen molar-refractivity contribution in [1.82, 2.24) is 0 Å². The van der Waals surface area contributed by atoms with Crippen molar-refractivity contribution in [2.45, 2.75) is 20.8 Å². The van der Waals surface area contributed by atoms with Crippen LogP contribution in [0.25, 0.3) is 0 Å². The average molecular weight is 251 g/mol. The SMILES string of the molecule is Cc1cc([N+](=O)[O-])ccc1NCC(CN)C(C)C. The molecule has 1 rings (SSSR count). The second-order valence-electron chi connectivity index (χ2n) is 4.88. The molecule has 0 saturated carbocycles. The third-order valence-electron chi connectivity index (χ3n) is 3.22. The van der Waals surface area contributed by atoms with E-state index in [-0.39, 0.29) is 10.6 Å². The zero-order chi connectivity index (χ0) is 13.7. The van der Waals surface area contributed by atoms with Crippen LogP contribution >= 0.6 is 0 Å². The van der Waals surface area contributed by atoms with Crippen molar-refractivity contribution < 1.29 is 4.92 Å². The first-order valence-corrected chi connectivity index (χ1v) is 6.14. The molecule has 0 aliphatic heterocycles. The maximum atomic E-state index is 10.6. The summed E-state index contributed by atoms with van der Waals surface area (Å²) in [6, 6.07) is 4.85. The third-order valence-corrected chi connectivity index (χ3v) is 3.22. The van der Waals surface area contributed by atoms with Crippen molar-refractivity contribution in [3.8, 4) is 0 Å². The summed E-state index contributed by atoms with van der Waals surface area (Å²) in [4.78, 5) is 10.3. The molecular formula is C13H21N3O2. The molecule has 100 valence electrons. The Morgan fingerprint density at radius 1 is 1.44 bits per heavy atom. The number of nitro groups is 1. The summed E-state index contributed by atoms with van der Waals surface area (Å²) in [5.74, 6) is 0.917. The van der Waals surface area contributed by atoms with E-state index in [1.165, 1.54) is 6.07 Å². The van der Waals surface area contributed by atoms with Crippen molar-refractivity contribution in [3.63, 3.8) is 0 Å². The van der Waals surface area contributed by atoms with Crippen LogP contribution < -0.4 is 11.1 Å². The molecule has 18 heavy (non-hydrogen) atoms. The first-order chi connectivity index (χ1) is 8.45. The maximum Gasteiger partial charge on any atom is 0.269 e. The quantitative estimate of drug-likeness (QED) is 0.601. The van der Waals surface area contributed by atoms with Gasteiger partial charge in [0.05, 0.1) is 4.92 Å². The van der Waals surface area contributed by atoms with Gasteiger partial charge < -0.3 is 11.1 Å². The van der Waals surface area contributed by atoms with Crippen molar-refractivity contribution in [2.75, 3.05) is 18.4 Å². The molecule has 5 heteroatoms. The Bertz CT molecular complexity index is 419. The Kier molecular flexibility index (Phi) is 5.09. The van der Waals surface area contributed by atoms with E-state index in [0.717, 1.165) is 17.8 Å². The molecule has 0 aliphatic carbocycles. The number of rotatable bonds is 6. The fourth-order valence-electron chi connectivity index (χ4n) is 1.79. The molecule has 0 saturated heterocycles. The molecule has 1 atom stereocenters. The highest BCUT2D eigenvalue weighted by Crippen LogP contribution is 2.22. The molecule has 1 aromatic rings. The summed E-state index contributed by atoms with van der Waals surface area (Å²) in [6.07, 6.45) is 0. The molecular weight excluding hydrogens is 230 g/mol. The van der Waals surface area contributed by atoms with Gasteiger partial charge in [0.25, 0.3) is 5.69 Å². The number of nitrogens with one attached hydrogen (secondary N) is 1. The lowest BCUT2D eigenvalue weighted by Crippen LogP contribution is -2.27. The lowest BCUT2D eigenvalue weighted by Gasteiger charge is -2.20. The van der Waals surface area contributed by atoms with Crippen molar-refractivity contribution in [2.24, 2.45) is 17.6 Å². The number of nitrogens with zero attached hydrogens (tertiary/aromatic N) is 1. The van der Waals surface area contributed by atoms with E-state index in [9.17, 15) is 10.1 Å². The Morgan fingerprint density at radius 3 is 2.56 bits per heavy atom. The van der Waals surface area contributed by atoms with Crippen LogP contribution in [0.3, 0.4) is 0 Å². The number of hydrogen-bond acceptors (Lipinski definition) is 4. The Balaban J connectivity index is 2.71. The number of non-ortho nitro benzene ring substituents is 1. The van der Waals surface area contributed by atoms with Gasteiger partial charge in [0.1, 0.15) is 0 Å². The summed E-state index contributed by atoms with van der Waals surface area (Å²) >= 11 is 0. The monoisotopic (exact) mass is 251 g/mol. The normalized spacial score (nSPS) is 12.5. The average Bonchev–Trinajstić information content (AvgIpc) is 2.30. The minimum absolute atomic E-state index is 0.122. The molecule has 0 fully saturated rings. The van der Waals surface area contributed by atoms with Gasteiger partial charge in [-0.3, -0.25) is 10.1 Å². The van der Waals surface area contributed by atoms with E-state index >= 15 is 0 Å². The van der Waals surface area contributed by atoms with Crippen molar-refractivity contribution in [1.29, 1.82) is 0 Å². The summed E-state index contributed by atoms with van der Waals surface area (Å²) in [7, 11) is 0. The van der Waals surface area contributed by atoms with Gasteiger partial charge in [0, 0.05) is 24.4 Å². The number of aryl methyl sites for hydroxylation is 1. The van der Waals surface area contributed by atoms with Crippen molar-refractivity contribution >= 4 is 11.4 Å². The molecule has 0 spiro atoms. The lowest BCUT2D eigenvalue weighted by atomic mass is 9.96. The molecule has 0 amide bonds. The summed E-state index contributed by atoms with van der Waals surface area (Å²) in [5.41, 5.74) is 7.64. The van der Waals surface area contributed by atoms with Crippen LogP contribution in [0.15, 0.2) is 18.2 Å². The van der Waals surface area contributed by atoms with E-state index in [1.54, 1.807) is 12.1 Å². The zero-order valence-electron chi connectivity index (χ0n) is 11.1. The lowest BCUT2D eigenvalue weighted by molar-refractivity contribution is -0.384. The van der Waals surface area contributed by atoms with E-state index in [4.69, 9.17) is 5.73 Å². The predicted octanol–water partition coefficient (Wildman–Crippen LogP) is 2.55. The topological polar surface area (TPSA) is 81.2 Å². The van der Waals surface area contributed by atoms with Crippen LogP contribution in [-0.2, 0) is 0 Å². The van der Waals surface area contributed by atoms with E-state index in [1.807, 2.05) is 6.92 Å². The Labute approximate surface area is 108 Å². The highest BCUT2D eigenvalue weighted by molar-refractivity contribution is 5.55. The van der Waals surface area contributed by atoms with Crippen LogP contribution in [0.2, 0.25) is 0 Å². The highest BCUT2D eigenvalue weighted by Gasteiger charge is 2.12. The fraction of sp³-hybridized carbons (Fsp3) is 0.538. The van der Waals surface area contributed by atoms with E-state index < -0.39 is 0 Å². The molecule has 0 bridgehead atoms. The molecule has 0 heterocycles. The molecule has 0 aliphatic rings. The second kappa shape index (κ2) is 6.35. The van der Waals surface area contributed by atoms with Crippen LogP contribution in [0, 0.1) is 28.9 Å². The molecule has 5 nitrogen and oxygen atoms in total. The van der Waals surface area contributed by atoms with Gasteiger partial charge in [0.15, 0.2) is 0 Å². The summed E-state index contributed by atoms with van der Waals surface area (Å²) in [6.45, 7) is 7.56. The first-order valence-electron chi connectivity index (χ1n) is 6.14. The number of anilines is 1. The van der Waals surface area contributed by atoms with E-state index in [0.29, 0.717) is 18.4 Å².